The van der Waals surface area contributed by atoms with Gasteiger partial charge in [-0.25, -0.2) is 0 Å². The molecule has 0 saturated carbocycles. The van der Waals surface area contributed by atoms with Crippen molar-refractivity contribution >= 4 is 0 Å². The van der Waals surface area contributed by atoms with Gasteiger partial charge in [0.15, 0.2) is 0 Å². The van der Waals surface area contributed by atoms with Crippen LogP contribution in [-0.4, -0.2) is 24.2 Å². The lowest BCUT2D eigenvalue weighted by Crippen LogP contribution is -2.19. The minimum atomic E-state index is 0.311. The first kappa shape index (κ1) is 11.2. The van der Waals surface area contributed by atoms with Gasteiger partial charge in [0.1, 0.15) is 11.9 Å². The number of ether oxygens (including phenoxy) is 1. The van der Waals surface area contributed by atoms with Crippen molar-refractivity contribution in [2.75, 3.05) is 13.1 Å². The first-order chi connectivity index (χ1) is 8.92. The minimum Gasteiger partial charge on any atom is -0.489 e. The van der Waals surface area contributed by atoms with Crippen molar-refractivity contribution in [2.45, 2.75) is 12.5 Å². The van der Waals surface area contributed by atoms with E-state index in [0.717, 1.165) is 36.5 Å². The molecular weight excluding hydrogens is 224 g/mol. The highest BCUT2D eigenvalue weighted by molar-refractivity contribution is 5.59. The van der Waals surface area contributed by atoms with E-state index in [1.54, 1.807) is 0 Å². The van der Waals surface area contributed by atoms with E-state index in [4.69, 9.17) is 4.74 Å². The lowest BCUT2D eigenvalue weighted by molar-refractivity contribution is 0.223. The molecule has 0 spiro atoms. The Bertz CT molecular complexity index is 490. The maximum atomic E-state index is 5.88. The van der Waals surface area contributed by atoms with Crippen LogP contribution in [0.3, 0.4) is 0 Å². The summed E-state index contributed by atoms with van der Waals surface area (Å²) < 4.78 is 5.88. The second-order valence-electron chi connectivity index (χ2n) is 4.47. The second-order valence-corrected chi connectivity index (χ2v) is 4.47. The largest absolute Gasteiger partial charge is 0.489 e. The van der Waals surface area contributed by atoms with E-state index >= 15 is 0 Å². The summed E-state index contributed by atoms with van der Waals surface area (Å²) in [6.07, 6.45) is 3.21. The molecule has 2 aromatic rings. The maximum absolute atomic E-state index is 5.88. The third kappa shape index (κ3) is 2.51. The summed E-state index contributed by atoms with van der Waals surface area (Å²) in [6.45, 7) is 2.00. The molecular formula is C15H16N2O. The second kappa shape index (κ2) is 5.19. The van der Waals surface area contributed by atoms with Crippen LogP contribution < -0.4 is 10.1 Å². The van der Waals surface area contributed by atoms with Crippen LogP contribution in [0.15, 0.2) is 48.7 Å². The molecule has 1 atom stereocenters. The van der Waals surface area contributed by atoms with Crippen LogP contribution in [0.25, 0.3) is 11.3 Å². The number of hydrogen-bond acceptors (Lipinski definition) is 3. The molecule has 3 nitrogen and oxygen atoms in total. The fraction of sp³-hybridized carbons (Fsp3) is 0.267. The predicted octanol–water partition coefficient (Wildman–Crippen LogP) is 2.49. The average Bonchev–Trinajstić information content (AvgIpc) is 2.94. The zero-order chi connectivity index (χ0) is 12.2. The van der Waals surface area contributed by atoms with Crippen LogP contribution in [0, 0.1) is 0 Å². The summed E-state index contributed by atoms with van der Waals surface area (Å²) in [7, 11) is 0. The minimum absolute atomic E-state index is 0.311. The number of nitrogens with one attached hydrogen (secondary N) is 1. The van der Waals surface area contributed by atoms with Gasteiger partial charge in [-0.2, -0.15) is 0 Å². The Morgan fingerprint density at radius 1 is 1.11 bits per heavy atom. The average molecular weight is 240 g/mol. The zero-order valence-corrected chi connectivity index (χ0v) is 10.2. The van der Waals surface area contributed by atoms with Crippen molar-refractivity contribution in [3.63, 3.8) is 0 Å². The Kier molecular flexibility index (Phi) is 3.24. The molecule has 18 heavy (non-hydrogen) atoms. The lowest BCUT2D eigenvalue weighted by Gasteiger charge is -2.12. The van der Waals surface area contributed by atoms with Gasteiger partial charge in [-0.15, -0.1) is 0 Å². The monoisotopic (exact) mass is 240 g/mol. The molecule has 2 heterocycles. The summed E-state index contributed by atoms with van der Waals surface area (Å²) in [5.41, 5.74) is 2.11. The van der Waals surface area contributed by atoms with Crippen LogP contribution in [0.4, 0.5) is 0 Å². The Morgan fingerprint density at radius 2 is 2.00 bits per heavy atom. The van der Waals surface area contributed by atoms with Gasteiger partial charge in [0.05, 0.1) is 5.69 Å². The zero-order valence-electron chi connectivity index (χ0n) is 10.2. The molecule has 92 valence electrons. The van der Waals surface area contributed by atoms with Crippen LogP contribution in [0.1, 0.15) is 6.42 Å². The van der Waals surface area contributed by atoms with Crippen LogP contribution in [0.5, 0.6) is 5.75 Å². The molecule has 0 bridgehead atoms. The lowest BCUT2D eigenvalue weighted by atomic mass is 10.1. The van der Waals surface area contributed by atoms with Gasteiger partial charge in [0.2, 0.25) is 0 Å². The van der Waals surface area contributed by atoms with Gasteiger partial charge < -0.3 is 10.1 Å². The van der Waals surface area contributed by atoms with Gasteiger partial charge >= 0.3 is 0 Å². The van der Waals surface area contributed by atoms with Gasteiger partial charge in [0, 0.05) is 18.3 Å². The molecule has 3 heteroatoms. The van der Waals surface area contributed by atoms with Gasteiger partial charge in [-0.05, 0) is 49.4 Å². The van der Waals surface area contributed by atoms with Gasteiger partial charge in [-0.1, -0.05) is 6.07 Å². The van der Waals surface area contributed by atoms with E-state index in [2.05, 4.69) is 22.4 Å². The number of aromatic nitrogens is 1. The Hall–Kier alpha value is -1.87. The van der Waals surface area contributed by atoms with Crippen molar-refractivity contribution in [3.8, 4) is 17.0 Å². The first-order valence-corrected chi connectivity index (χ1v) is 6.31. The van der Waals surface area contributed by atoms with Crippen molar-refractivity contribution in [1.82, 2.24) is 10.3 Å². The highest BCUT2D eigenvalue weighted by Gasteiger charge is 2.15. The summed E-state index contributed by atoms with van der Waals surface area (Å²) in [5.74, 6) is 0.934. The Balaban J connectivity index is 1.72. The maximum Gasteiger partial charge on any atom is 0.119 e. The molecule has 1 aromatic carbocycles. The van der Waals surface area contributed by atoms with Crippen LogP contribution >= 0.6 is 0 Å². The van der Waals surface area contributed by atoms with E-state index in [0.29, 0.717) is 6.10 Å². The number of hydrogen-bond donors (Lipinski definition) is 1. The smallest absolute Gasteiger partial charge is 0.119 e. The quantitative estimate of drug-likeness (QED) is 0.895. The van der Waals surface area contributed by atoms with Crippen LogP contribution in [0.2, 0.25) is 0 Å². The molecule has 3 rings (SSSR count). The predicted molar refractivity (Wildman–Crippen MR) is 71.6 cm³/mol. The molecule has 1 saturated heterocycles. The number of benzene rings is 1. The third-order valence-corrected chi connectivity index (χ3v) is 3.13. The highest BCUT2D eigenvalue weighted by Crippen LogP contribution is 2.21. The number of pyridine rings is 1. The molecule has 1 N–H and O–H groups in total. The van der Waals surface area contributed by atoms with E-state index < -0.39 is 0 Å². The molecule has 1 aliphatic heterocycles. The third-order valence-electron chi connectivity index (χ3n) is 3.13. The van der Waals surface area contributed by atoms with E-state index in [9.17, 15) is 0 Å². The topological polar surface area (TPSA) is 34.1 Å². The number of nitrogens with zero attached hydrogens (tertiary/aromatic N) is 1. The van der Waals surface area contributed by atoms with E-state index in [-0.39, 0.29) is 0 Å². The summed E-state index contributed by atoms with van der Waals surface area (Å²) in [5, 5.41) is 3.29. The molecule has 1 aromatic heterocycles. The van der Waals surface area contributed by atoms with E-state index in [1.165, 1.54) is 0 Å². The SMILES string of the molecule is c1ccc(-c2ccc(OC3CCNC3)cc2)nc1. The van der Waals surface area contributed by atoms with Crippen LogP contribution in [-0.2, 0) is 0 Å². The molecule has 1 fully saturated rings. The van der Waals surface area contributed by atoms with Crippen molar-refractivity contribution < 1.29 is 4.74 Å². The molecule has 0 aliphatic carbocycles. The van der Waals surface area contributed by atoms with Crippen molar-refractivity contribution in [1.29, 1.82) is 0 Å². The molecule has 1 aliphatic rings. The fourth-order valence-electron chi connectivity index (χ4n) is 2.16. The van der Waals surface area contributed by atoms with Crippen molar-refractivity contribution in [2.24, 2.45) is 0 Å². The first-order valence-electron chi connectivity index (χ1n) is 6.31. The summed E-state index contributed by atoms with van der Waals surface area (Å²) >= 11 is 0. The summed E-state index contributed by atoms with van der Waals surface area (Å²) in [4.78, 5) is 4.33. The molecule has 0 radical (unpaired) electrons. The molecule has 1 unspecified atom stereocenters. The number of rotatable bonds is 3. The standard InChI is InChI=1S/C15H16N2O/c1-2-9-17-15(3-1)12-4-6-13(7-5-12)18-14-8-10-16-11-14/h1-7,9,14,16H,8,10-11H2. The van der Waals surface area contributed by atoms with Crippen molar-refractivity contribution in [3.05, 3.63) is 48.7 Å². The highest BCUT2D eigenvalue weighted by atomic mass is 16.5. The van der Waals surface area contributed by atoms with Gasteiger partial charge in [0.25, 0.3) is 0 Å². The van der Waals surface area contributed by atoms with Gasteiger partial charge in [-0.3, -0.25) is 4.98 Å². The Morgan fingerprint density at radius 3 is 2.67 bits per heavy atom. The fourth-order valence-corrected chi connectivity index (χ4v) is 2.16. The van der Waals surface area contributed by atoms with E-state index in [1.807, 2.05) is 36.5 Å². The molecule has 0 amide bonds. The Labute approximate surface area is 107 Å². The summed E-state index contributed by atoms with van der Waals surface area (Å²) in [6, 6.07) is 14.1. The normalized spacial score (nSPS) is 18.8.